The fourth-order valence-corrected chi connectivity index (χ4v) is 9.90. The number of rotatable bonds is 12. The number of hydrogen-bond acceptors (Lipinski definition) is 8. The second-order valence-corrected chi connectivity index (χ2v) is 26.6. The summed E-state index contributed by atoms with van der Waals surface area (Å²) in [7, 11) is -5.89. The van der Waals surface area contributed by atoms with Crippen molar-refractivity contribution in [2.45, 2.75) is 259 Å². The predicted molar refractivity (Wildman–Crippen MR) is 260 cm³/mol. The molecular weight excluding hydrogens is 805 g/mol. The third kappa shape index (κ3) is 24.7. The van der Waals surface area contributed by atoms with E-state index >= 15 is 0 Å². The van der Waals surface area contributed by atoms with Gasteiger partial charge in [-0.15, -0.1) is 0 Å². The maximum atomic E-state index is 11.5. The van der Waals surface area contributed by atoms with Gasteiger partial charge in [-0.2, -0.15) is 0 Å². The molecule has 2 heterocycles. The Hall–Kier alpha value is -0.300. The summed E-state index contributed by atoms with van der Waals surface area (Å²) < 4.78 is 58.1. The molecule has 61 heavy (non-hydrogen) atoms. The van der Waals surface area contributed by atoms with Crippen LogP contribution in [-0.2, 0) is 29.3 Å². The van der Waals surface area contributed by atoms with Crippen LogP contribution in [0.25, 0.3) is 0 Å². The number of ether oxygens (including phenoxy) is 2. The number of piperidine rings is 1. The SMILES string of the molecule is CC(C)C(C)C1CC1.CC(C)C1(O)CCC1.CC(C)C1CCC1.CC(C)N1CCCCC1.CC(C)OC1CCC1.CC(C)S(=O)(=O)C1CCOC1.CC(C)S(=O)(=O)NC1CC1. The summed E-state index contributed by atoms with van der Waals surface area (Å²) in [5, 5.41) is 8.67. The van der Waals surface area contributed by atoms with E-state index in [1.54, 1.807) is 27.7 Å². The smallest absolute Gasteiger partial charge is 0.214 e. The predicted octanol–water partition coefficient (Wildman–Crippen LogP) is 11.6. The van der Waals surface area contributed by atoms with Gasteiger partial charge in [-0.3, -0.25) is 0 Å². The highest BCUT2D eigenvalue weighted by Crippen LogP contribution is 2.40. The molecular formula is C50H102N2O7S2. The first-order valence-electron chi connectivity index (χ1n) is 25.3. The summed E-state index contributed by atoms with van der Waals surface area (Å²) in [6, 6.07) is 1.01. The van der Waals surface area contributed by atoms with Gasteiger partial charge in [-0.05, 0) is 187 Å². The molecule has 5 aliphatic carbocycles. The number of hydrogen-bond donors (Lipinski definition) is 2. The molecule has 2 unspecified atom stereocenters. The van der Waals surface area contributed by atoms with E-state index in [9.17, 15) is 21.9 Å². The van der Waals surface area contributed by atoms with E-state index in [0.717, 1.165) is 61.3 Å². The molecule has 2 saturated heterocycles. The van der Waals surface area contributed by atoms with Crippen molar-refractivity contribution in [3.05, 3.63) is 0 Å². The Labute approximate surface area is 379 Å². The Morgan fingerprint density at radius 1 is 0.639 bits per heavy atom. The Morgan fingerprint density at radius 2 is 1.18 bits per heavy atom. The fourth-order valence-electron chi connectivity index (χ4n) is 7.44. The number of aliphatic hydroxyl groups is 1. The topological polar surface area (TPSA) is 122 Å². The normalized spacial score (nSPS) is 23.3. The van der Waals surface area contributed by atoms with Crippen LogP contribution in [0.15, 0.2) is 0 Å². The molecule has 11 heteroatoms. The molecule has 5 saturated carbocycles. The Kier molecular flexibility index (Phi) is 28.3. The van der Waals surface area contributed by atoms with Crippen LogP contribution >= 0.6 is 0 Å². The van der Waals surface area contributed by atoms with Crippen LogP contribution in [0.4, 0.5) is 0 Å². The third-order valence-corrected chi connectivity index (χ3v) is 18.5. The van der Waals surface area contributed by atoms with Gasteiger partial charge >= 0.3 is 0 Å². The monoisotopic (exact) mass is 907 g/mol. The maximum Gasteiger partial charge on any atom is 0.214 e. The zero-order valence-corrected chi connectivity index (χ0v) is 44.1. The molecule has 0 aromatic rings. The lowest BCUT2D eigenvalue weighted by atomic mass is 9.73. The number of nitrogens with zero attached hydrogens (tertiary/aromatic N) is 1. The molecule has 366 valence electrons. The average molecular weight is 908 g/mol. The third-order valence-electron chi connectivity index (χ3n) is 14.0. The highest BCUT2D eigenvalue weighted by molar-refractivity contribution is 7.92. The van der Waals surface area contributed by atoms with Gasteiger partial charge in [0.1, 0.15) is 0 Å². The van der Waals surface area contributed by atoms with Gasteiger partial charge in [-0.1, -0.05) is 74.1 Å². The first-order chi connectivity index (χ1) is 28.3. The molecule has 7 rings (SSSR count). The van der Waals surface area contributed by atoms with Crippen molar-refractivity contribution in [2.24, 2.45) is 35.5 Å². The van der Waals surface area contributed by atoms with Gasteiger partial charge < -0.3 is 19.5 Å². The Bertz CT molecular complexity index is 1320. The van der Waals surface area contributed by atoms with Gasteiger partial charge in [0.15, 0.2) is 9.84 Å². The summed E-state index contributed by atoms with van der Waals surface area (Å²) in [5.41, 5.74) is -0.278. The minimum absolute atomic E-state index is 0.243. The van der Waals surface area contributed by atoms with E-state index in [4.69, 9.17) is 9.47 Å². The van der Waals surface area contributed by atoms with E-state index in [-0.39, 0.29) is 27.4 Å². The zero-order chi connectivity index (χ0) is 46.6. The highest BCUT2D eigenvalue weighted by atomic mass is 32.2. The maximum absolute atomic E-state index is 11.5. The van der Waals surface area contributed by atoms with Gasteiger partial charge in [0, 0.05) is 18.7 Å². The van der Waals surface area contributed by atoms with Crippen molar-refractivity contribution in [3.63, 3.8) is 0 Å². The minimum atomic E-state index is -2.98. The Balaban J connectivity index is 0.000000357. The van der Waals surface area contributed by atoms with Crippen LogP contribution < -0.4 is 4.72 Å². The van der Waals surface area contributed by atoms with Crippen molar-refractivity contribution in [2.75, 3.05) is 26.3 Å². The average Bonchev–Trinajstić information content (AvgIpc) is 4.07. The molecule has 9 nitrogen and oxygen atoms in total. The van der Waals surface area contributed by atoms with E-state index in [1.165, 1.54) is 90.1 Å². The lowest BCUT2D eigenvalue weighted by Gasteiger charge is -2.40. The van der Waals surface area contributed by atoms with Crippen LogP contribution in [0.5, 0.6) is 0 Å². The van der Waals surface area contributed by atoms with Gasteiger partial charge in [0.2, 0.25) is 10.0 Å². The molecule has 7 aliphatic rings. The second-order valence-electron chi connectivity index (χ2n) is 21.5. The molecule has 2 atom stereocenters. The van der Waals surface area contributed by atoms with E-state index in [1.807, 2.05) is 0 Å². The number of likely N-dealkylation sites (tertiary alicyclic amines) is 1. The number of sulfonamides is 1. The lowest BCUT2D eigenvalue weighted by molar-refractivity contribution is -0.0719. The van der Waals surface area contributed by atoms with Crippen LogP contribution in [0.3, 0.4) is 0 Å². The number of sulfone groups is 1. The molecule has 2 aliphatic heterocycles. The summed E-state index contributed by atoms with van der Waals surface area (Å²) in [6.45, 7) is 35.0. The summed E-state index contributed by atoms with van der Waals surface area (Å²) in [5.74, 6) is 5.47. The molecule has 0 amide bonds. The van der Waals surface area contributed by atoms with Gasteiger partial charge in [0.25, 0.3) is 0 Å². The summed E-state index contributed by atoms with van der Waals surface area (Å²) >= 11 is 0. The molecule has 0 spiro atoms. The molecule has 0 aromatic heterocycles. The van der Waals surface area contributed by atoms with E-state index < -0.39 is 19.9 Å². The van der Waals surface area contributed by atoms with Crippen molar-refractivity contribution >= 4 is 19.9 Å². The van der Waals surface area contributed by atoms with E-state index in [2.05, 4.69) is 85.8 Å². The van der Waals surface area contributed by atoms with Gasteiger partial charge in [-0.25, -0.2) is 21.6 Å². The number of nitrogens with one attached hydrogen (secondary N) is 1. The minimum Gasteiger partial charge on any atom is -0.390 e. The van der Waals surface area contributed by atoms with Crippen molar-refractivity contribution in [3.8, 4) is 0 Å². The molecule has 2 N–H and O–H groups in total. The van der Waals surface area contributed by atoms with Crippen molar-refractivity contribution < 1.29 is 31.4 Å². The molecule has 7 fully saturated rings. The van der Waals surface area contributed by atoms with Gasteiger partial charge in [0.05, 0.1) is 40.2 Å². The lowest BCUT2D eigenvalue weighted by Crippen LogP contribution is -2.41. The molecule has 0 bridgehead atoms. The standard InChI is InChI=1S/C8H17N.C8H16.C7H14O3S.2C7H14O.C7H14.C6H13NO2S/c1-8(2)9-6-4-3-5-7-9;1-6(2)7(3)8-4-5-8;1-6(2)11(8,9)7-3-4-10-5-7;1-6(2)8-7-4-3-5-7;1-6(2)7(8)4-3-5-7;1-6(2)7-4-3-5-7;1-5(2)10(8,9)7-6-3-4-6/h8H,3-7H2,1-2H3;6-8H,4-5H2,1-3H3;6-7H,3-5H2,1-2H3;6-7H,3-5H2,1-2H3;6,8H,3-5H2,1-2H3;6-7H,3-5H2,1-2H3;5-7H,3-4H2,1-2H3. The van der Waals surface area contributed by atoms with E-state index in [0.29, 0.717) is 37.8 Å². The quantitative estimate of drug-likeness (QED) is 0.199. The van der Waals surface area contributed by atoms with Crippen LogP contribution in [0.1, 0.15) is 213 Å². The summed E-state index contributed by atoms with van der Waals surface area (Å²) in [4.78, 5) is 2.56. The first-order valence-corrected chi connectivity index (χ1v) is 28.4. The first kappa shape index (κ1) is 58.7. The highest BCUT2D eigenvalue weighted by Gasteiger charge is 2.37. The zero-order valence-electron chi connectivity index (χ0n) is 42.5. The van der Waals surface area contributed by atoms with Crippen LogP contribution in [0.2, 0.25) is 0 Å². The van der Waals surface area contributed by atoms with Crippen molar-refractivity contribution in [1.82, 2.24) is 9.62 Å². The largest absolute Gasteiger partial charge is 0.390 e. The second kappa shape index (κ2) is 29.4. The Morgan fingerprint density at radius 3 is 1.38 bits per heavy atom. The van der Waals surface area contributed by atoms with Crippen LogP contribution in [0, 0.1) is 35.5 Å². The van der Waals surface area contributed by atoms with Crippen molar-refractivity contribution in [1.29, 1.82) is 0 Å². The van der Waals surface area contributed by atoms with Crippen LogP contribution in [-0.4, -0.2) is 98.8 Å². The fraction of sp³-hybridized carbons (Fsp3) is 1.00. The molecule has 0 radical (unpaired) electrons. The molecule has 0 aromatic carbocycles. The summed E-state index contributed by atoms with van der Waals surface area (Å²) in [6.07, 6.45) is 22.7.